The van der Waals surface area contributed by atoms with Crippen molar-refractivity contribution in [1.29, 1.82) is 0 Å². The van der Waals surface area contributed by atoms with Gasteiger partial charge in [0.1, 0.15) is 6.34 Å². The van der Waals surface area contributed by atoms with Gasteiger partial charge in [0.25, 0.3) is 0 Å². The van der Waals surface area contributed by atoms with E-state index in [1.165, 1.54) is 6.34 Å². The highest BCUT2D eigenvalue weighted by Gasteiger charge is 1.92. The van der Waals surface area contributed by atoms with Crippen LogP contribution in [0.2, 0.25) is 0 Å². The molecule has 0 aliphatic rings. The lowest BCUT2D eigenvalue weighted by atomic mass is 10.2. The SMILES string of the molecule is C=C(C)/C=C\C(=NC=NC)C(=C)C.CC.CC. The van der Waals surface area contributed by atoms with Crippen LogP contribution in [-0.2, 0) is 0 Å². The minimum absolute atomic E-state index is 0.827. The number of nitrogens with zero attached hydrogens (tertiary/aromatic N) is 2. The summed E-state index contributed by atoms with van der Waals surface area (Å²) < 4.78 is 0. The molecule has 0 unspecified atom stereocenters. The van der Waals surface area contributed by atoms with Crippen molar-refractivity contribution in [1.82, 2.24) is 0 Å². The van der Waals surface area contributed by atoms with Gasteiger partial charge in [-0.25, -0.2) is 4.99 Å². The van der Waals surface area contributed by atoms with E-state index in [2.05, 4.69) is 23.1 Å². The Kier molecular flexibility index (Phi) is 20.9. The van der Waals surface area contributed by atoms with E-state index < -0.39 is 0 Å². The Morgan fingerprint density at radius 1 is 0.941 bits per heavy atom. The molecule has 0 N–H and O–H groups in total. The van der Waals surface area contributed by atoms with E-state index in [0.717, 1.165) is 16.9 Å². The van der Waals surface area contributed by atoms with Gasteiger partial charge >= 0.3 is 0 Å². The Morgan fingerprint density at radius 3 is 1.71 bits per heavy atom. The zero-order valence-electron chi connectivity index (χ0n) is 12.5. The smallest absolute Gasteiger partial charge is 0.110 e. The molecule has 0 aliphatic heterocycles. The molecular weight excluding hydrogens is 208 g/mol. The fourth-order valence-electron chi connectivity index (χ4n) is 0.637. The lowest BCUT2D eigenvalue weighted by Gasteiger charge is -1.96. The van der Waals surface area contributed by atoms with Crippen molar-refractivity contribution in [3.63, 3.8) is 0 Å². The monoisotopic (exact) mass is 236 g/mol. The average molecular weight is 236 g/mol. The first-order valence-electron chi connectivity index (χ1n) is 6.06. The molecule has 0 amide bonds. The second kappa shape index (κ2) is 17.0. The van der Waals surface area contributed by atoms with Crippen molar-refractivity contribution in [3.8, 4) is 0 Å². The van der Waals surface area contributed by atoms with Crippen LogP contribution in [0.25, 0.3) is 0 Å². The van der Waals surface area contributed by atoms with Gasteiger partial charge in [-0.15, -0.1) is 0 Å². The lowest BCUT2D eigenvalue weighted by Crippen LogP contribution is -1.94. The van der Waals surface area contributed by atoms with Crippen LogP contribution in [0.15, 0.2) is 46.4 Å². The van der Waals surface area contributed by atoms with Gasteiger partial charge in [-0.05, 0) is 25.5 Å². The molecular formula is C15H28N2. The molecule has 0 heterocycles. The number of aliphatic imine (C=N–C) groups is 2. The van der Waals surface area contributed by atoms with Crippen LogP contribution in [-0.4, -0.2) is 19.1 Å². The van der Waals surface area contributed by atoms with E-state index in [1.54, 1.807) is 7.05 Å². The normalized spacial score (nSPS) is 10.4. The summed E-state index contributed by atoms with van der Waals surface area (Å²) in [5, 5.41) is 0. The predicted octanol–water partition coefficient (Wildman–Crippen LogP) is 4.85. The van der Waals surface area contributed by atoms with E-state index in [0.29, 0.717) is 0 Å². The maximum absolute atomic E-state index is 4.11. The Morgan fingerprint density at radius 2 is 1.41 bits per heavy atom. The highest BCUT2D eigenvalue weighted by molar-refractivity contribution is 6.10. The van der Waals surface area contributed by atoms with Gasteiger partial charge in [-0.3, -0.25) is 4.99 Å². The van der Waals surface area contributed by atoms with E-state index in [-0.39, 0.29) is 0 Å². The second-order valence-electron chi connectivity index (χ2n) is 2.85. The third-order valence-corrected chi connectivity index (χ3v) is 1.28. The molecule has 0 aliphatic carbocycles. The highest BCUT2D eigenvalue weighted by Crippen LogP contribution is 1.98. The predicted molar refractivity (Wildman–Crippen MR) is 83.3 cm³/mol. The first kappa shape index (κ1) is 20.9. The van der Waals surface area contributed by atoms with Crippen LogP contribution in [0.1, 0.15) is 41.5 Å². The molecule has 0 rings (SSSR count). The number of hydrogen-bond donors (Lipinski definition) is 0. The second-order valence-corrected chi connectivity index (χ2v) is 2.85. The van der Waals surface area contributed by atoms with Gasteiger partial charge in [-0.2, -0.15) is 0 Å². The van der Waals surface area contributed by atoms with Crippen LogP contribution in [0.5, 0.6) is 0 Å². The molecule has 0 radical (unpaired) electrons. The van der Waals surface area contributed by atoms with Crippen LogP contribution < -0.4 is 0 Å². The molecule has 0 aromatic heterocycles. The van der Waals surface area contributed by atoms with Gasteiger partial charge in [0, 0.05) is 7.05 Å². The Bertz CT molecular complexity index is 281. The minimum Gasteiger partial charge on any atom is -0.277 e. The number of rotatable bonds is 4. The molecule has 0 saturated heterocycles. The lowest BCUT2D eigenvalue weighted by molar-refractivity contribution is 1.44. The number of hydrogen-bond acceptors (Lipinski definition) is 1. The molecule has 0 aromatic rings. The van der Waals surface area contributed by atoms with E-state index in [1.807, 2.05) is 53.7 Å². The minimum atomic E-state index is 0.827. The molecule has 2 heteroatoms. The molecule has 0 atom stereocenters. The third-order valence-electron chi connectivity index (χ3n) is 1.28. The van der Waals surface area contributed by atoms with E-state index in [4.69, 9.17) is 0 Å². The van der Waals surface area contributed by atoms with Crippen LogP contribution in [0.4, 0.5) is 0 Å². The van der Waals surface area contributed by atoms with Crippen molar-refractivity contribution in [3.05, 3.63) is 36.5 Å². The van der Waals surface area contributed by atoms with Crippen molar-refractivity contribution in [2.45, 2.75) is 41.5 Å². The molecule has 0 saturated carbocycles. The van der Waals surface area contributed by atoms with Crippen LogP contribution in [0, 0.1) is 0 Å². The first-order chi connectivity index (χ1) is 8.07. The maximum Gasteiger partial charge on any atom is 0.110 e. The Labute approximate surface area is 108 Å². The van der Waals surface area contributed by atoms with Gasteiger partial charge in [0.2, 0.25) is 0 Å². The Hall–Kier alpha value is -1.44. The van der Waals surface area contributed by atoms with Gasteiger partial charge in [0.15, 0.2) is 0 Å². The first-order valence-corrected chi connectivity index (χ1v) is 6.06. The van der Waals surface area contributed by atoms with E-state index >= 15 is 0 Å². The molecule has 0 aromatic carbocycles. The van der Waals surface area contributed by atoms with Gasteiger partial charge in [-0.1, -0.05) is 52.5 Å². The Balaban J connectivity index is -0.000000439. The van der Waals surface area contributed by atoms with Crippen molar-refractivity contribution in [2.75, 3.05) is 7.05 Å². The largest absolute Gasteiger partial charge is 0.277 e. The van der Waals surface area contributed by atoms with Crippen molar-refractivity contribution < 1.29 is 0 Å². The van der Waals surface area contributed by atoms with Crippen LogP contribution in [0.3, 0.4) is 0 Å². The number of allylic oxidation sites excluding steroid dienone is 4. The summed E-state index contributed by atoms with van der Waals surface area (Å²) >= 11 is 0. The zero-order chi connectivity index (χ0) is 14.3. The maximum atomic E-state index is 4.11. The molecule has 0 spiro atoms. The zero-order valence-corrected chi connectivity index (χ0v) is 12.5. The van der Waals surface area contributed by atoms with Crippen molar-refractivity contribution in [2.24, 2.45) is 9.98 Å². The van der Waals surface area contributed by atoms with Crippen molar-refractivity contribution >= 4 is 12.1 Å². The van der Waals surface area contributed by atoms with Gasteiger partial charge < -0.3 is 0 Å². The summed E-state index contributed by atoms with van der Waals surface area (Å²) in [6, 6.07) is 0. The summed E-state index contributed by atoms with van der Waals surface area (Å²) in [6.45, 7) is 19.4. The summed E-state index contributed by atoms with van der Waals surface area (Å²) in [5.74, 6) is 0. The summed E-state index contributed by atoms with van der Waals surface area (Å²) in [7, 11) is 1.68. The summed E-state index contributed by atoms with van der Waals surface area (Å²) in [4.78, 5) is 7.89. The molecule has 0 fully saturated rings. The topological polar surface area (TPSA) is 24.7 Å². The molecule has 2 nitrogen and oxygen atoms in total. The average Bonchev–Trinajstić information content (AvgIpc) is 2.33. The van der Waals surface area contributed by atoms with Crippen LogP contribution >= 0.6 is 0 Å². The van der Waals surface area contributed by atoms with Gasteiger partial charge in [0.05, 0.1) is 5.71 Å². The molecule has 17 heavy (non-hydrogen) atoms. The fourth-order valence-corrected chi connectivity index (χ4v) is 0.637. The fraction of sp³-hybridized carbons (Fsp3) is 0.467. The van der Waals surface area contributed by atoms with E-state index in [9.17, 15) is 0 Å². The quantitative estimate of drug-likeness (QED) is 0.379. The standard InChI is InChI=1S/C11H16N2.2C2H6/c1-9(2)6-7-11(10(3)4)13-8-12-5;2*1-2/h6-8H,1,3H2,2,4-5H3;2*1-2H3/b7-6-,12-8?,13-11?;;. The third kappa shape index (κ3) is 17.2. The summed E-state index contributed by atoms with van der Waals surface area (Å²) in [5.41, 5.74) is 2.73. The molecule has 98 valence electrons. The highest BCUT2D eigenvalue weighted by atomic mass is 14.8. The summed E-state index contributed by atoms with van der Waals surface area (Å²) in [6.07, 6.45) is 5.29. The molecule has 0 bridgehead atoms.